The van der Waals surface area contributed by atoms with Gasteiger partial charge in [-0.05, 0) is 56.3 Å². The fourth-order valence-electron chi connectivity index (χ4n) is 7.11. The lowest BCUT2D eigenvalue weighted by Gasteiger charge is -2.57. The molecular weight excluding hydrogens is 302 g/mol. The summed E-state index contributed by atoms with van der Waals surface area (Å²) in [7, 11) is 0. The van der Waals surface area contributed by atoms with Crippen LogP contribution in [0.15, 0.2) is 0 Å². The molecule has 2 aliphatic heterocycles. The van der Waals surface area contributed by atoms with Gasteiger partial charge in [0.05, 0.1) is 5.41 Å². The highest BCUT2D eigenvalue weighted by molar-refractivity contribution is 5.87. The maximum Gasteiger partial charge on any atom is 0.230 e. The van der Waals surface area contributed by atoms with Gasteiger partial charge in [0.1, 0.15) is 0 Å². The van der Waals surface area contributed by atoms with Crippen molar-refractivity contribution in [2.75, 3.05) is 26.2 Å². The Hall–Kier alpha value is -1.10. The van der Waals surface area contributed by atoms with Gasteiger partial charge in [-0.3, -0.25) is 9.59 Å². The Labute approximate surface area is 143 Å². The zero-order chi connectivity index (χ0) is 16.5. The van der Waals surface area contributed by atoms with Gasteiger partial charge in [0.25, 0.3) is 0 Å². The van der Waals surface area contributed by atoms with E-state index in [1.807, 2.05) is 4.90 Å². The molecule has 0 aromatic carbocycles. The second kappa shape index (κ2) is 4.96. The predicted molar refractivity (Wildman–Crippen MR) is 90.1 cm³/mol. The van der Waals surface area contributed by atoms with Crippen molar-refractivity contribution < 1.29 is 9.59 Å². The fourth-order valence-corrected chi connectivity index (χ4v) is 7.11. The Bertz CT molecular complexity index is 554. The Balaban J connectivity index is 1.38. The number of carbonyl (C=O) groups is 2. The van der Waals surface area contributed by atoms with E-state index < -0.39 is 5.41 Å². The van der Waals surface area contributed by atoms with E-state index in [1.165, 1.54) is 38.5 Å². The van der Waals surface area contributed by atoms with E-state index in [1.54, 1.807) is 6.92 Å². The van der Waals surface area contributed by atoms with Crippen LogP contribution < -0.4 is 10.6 Å². The molecule has 24 heavy (non-hydrogen) atoms. The van der Waals surface area contributed by atoms with Crippen molar-refractivity contribution in [3.05, 3.63) is 0 Å². The molecule has 6 aliphatic rings. The van der Waals surface area contributed by atoms with Crippen LogP contribution in [0.5, 0.6) is 0 Å². The molecule has 132 valence electrons. The summed E-state index contributed by atoms with van der Waals surface area (Å²) in [6.45, 7) is 4.53. The van der Waals surface area contributed by atoms with Gasteiger partial charge in [0.15, 0.2) is 0 Å². The largest absolute Gasteiger partial charge is 0.350 e. The van der Waals surface area contributed by atoms with E-state index in [-0.39, 0.29) is 23.3 Å². The molecule has 4 bridgehead atoms. The van der Waals surface area contributed by atoms with E-state index >= 15 is 0 Å². The third-order valence-corrected chi connectivity index (χ3v) is 7.84. The molecule has 4 saturated carbocycles. The van der Waals surface area contributed by atoms with Crippen molar-refractivity contribution in [1.82, 2.24) is 15.5 Å². The highest BCUT2D eigenvalue weighted by Gasteiger charge is 2.58. The first-order valence-electron chi connectivity index (χ1n) is 9.77. The number of hydrogen-bond donors (Lipinski definition) is 2. The van der Waals surface area contributed by atoms with E-state index in [9.17, 15) is 9.59 Å². The summed E-state index contributed by atoms with van der Waals surface area (Å²) < 4.78 is 0. The molecule has 4 aliphatic carbocycles. The van der Waals surface area contributed by atoms with E-state index in [4.69, 9.17) is 0 Å². The average molecular weight is 331 g/mol. The number of amides is 2. The summed E-state index contributed by atoms with van der Waals surface area (Å²) in [6, 6.07) is 0. The zero-order valence-corrected chi connectivity index (χ0v) is 14.6. The van der Waals surface area contributed by atoms with E-state index in [2.05, 4.69) is 10.6 Å². The normalized spacial score (nSPS) is 48.6. The van der Waals surface area contributed by atoms with Crippen molar-refractivity contribution in [3.63, 3.8) is 0 Å². The van der Waals surface area contributed by atoms with Crippen LogP contribution in [0.4, 0.5) is 0 Å². The lowest BCUT2D eigenvalue weighted by molar-refractivity contribution is -0.137. The van der Waals surface area contributed by atoms with Crippen molar-refractivity contribution in [2.45, 2.75) is 51.0 Å². The predicted octanol–water partition coefficient (Wildman–Crippen LogP) is 1.14. The number of rotatable bonds is 2. The topological polar surface area (TPSA) is 61.4 Å². The minimum atomic E-state index is -0.394. The van der Waals surface area contributed by atoms with Crippen LogP contribution in [0.1, 0.15) is 45.4 Å². The molecule has 6 rings (SSSR count). The molecule has 0 aromatic rings. The first kappa shape index (κ1) is 15.2. The monoisotopic (exact) mass is 331 g/mol. The summed E-state index contributed by atoms with van der Waals surface area (Å²) >= 11 is 0. The summed E-state index contributed by atoms with van der Waals surface area (Å²) in [4.78, 5) is 27.1. The van der Waals surface area contributed by atoms with Crippen LogP contribution in [0.2, 0.25) is 0 Å². The van der Waals surface area contributed by atoms with Gasteiger partial charge in [0, 0.05) is 44.6 Å². The van der Waals surface area contributed by atoms with Gasteiger partial charge >= 0.3 is 0 Å². The molecule has 6 fully saturated rings. The highest BCUT2D eigenvalue weighted by Crippen LogP contribution is 2.56. The number of nitrogens with one attached hydrogen (secondary N) is 2. The maximum absolute atomic E-state index is 13.4. The molecule has 5 nitrogen and oxygen atoms in total. The molecule has 5 heteroatoms. The second-order valence-corrected chi connectivity index (χ2v) is 9.54. The van der Waals surface area contributed by atoms with Crippen molar-refractivity contribution in [2.24, 2.45) is 29.1 Å². The summed E-state index contributed by atoms with van der Waals surface area (Å²) in [5, 5.41) is 6.99. The SMILES string of the molecule is CC(=O)N1C[C@H]2CNC[C@@]2(C(=O)NC23CC4CC(CC(C4)C2)C3)C1. The highest BCUT2D eigenvalue weighted by atomic mass is 16.2. The Morgan fingerprint density at radius 1 is 1.08 bits per heavy atom. The fraction of sp³-hybridized carbons (Fsp3) is 0.895. The van der Waals surface area contributed by atoms with Crippen LogP contribution in [0.25, 0.3) is 0 Å². The van der Waals surface area contributed by atoms with E-state index in [0.717, 1.165) is 37.4 Å². The third-order valence-electron chi connectivity index (χ3n) is 7.84. The minimum Gasteiger partial charge on any atom is -0.350 e. The van der Waals surface area contributed by atoms with Crippen LogP contribution >= 0.6 is 0 Å². The lowest BCUT2D eigenvalue weighted by atomic mass is 9.53. The summed E-state index contributed by atoms with van der Waals surface area (Å²) in [6.07, 6.45) is 7.74. The average Bonchev–Trinajstić information content (AvgIpc) is 3.02. The third kappa shape index (κ3) is 2.09. The number of hydrogen-bond acceptors (Lipinski definition) is 3. The molecule has 0 aromatic heterocycles. The minimum absolute atomic E-state index is 0.0668. The molecule has 2 atom stereocenters. The molecule has 0 radical (unpaired) electrons. The Morgan fingerprint density at radius 3 is 2.29 bits per heavy atom. The van der Waals surface area contributed by atoms with Crippen LogP contribution in [-0.4, -0.2) is 48.4 Å². The zero-order valence-electron chi connectivity index (χ0n) is 14.6. The Kier molecular flexibility index (Phi) is 3.14. The van der Waals surface area contributed by atoms with Crippen LogP contribution in [-0.2, 0) is 9.59 Å². The molecule has 0 unspecified atom stereocenters. The molecule has 2 saturated heterocycles. The summed E-state index contributed by atoms with van der Waals surface area (Å²) in [5.74, 6) is 3.11. The van der Waals surface area contributed by atoms with Gasteiger partial charge in [-0.2, -0.15) is 0 Å². The molecule has 2 N–H and O–H groups in total. The molecule has 2 heterocycles. The molecular formula is C19H29N3O2. The van der Waals surface area contributed by atoms with Gasteiger partial charge in [-0.1, -0.05) is 0 Å². The van der Waals surface area contributed by atoms with Crippen LogP contribution in [0.3, 0.4) is 0 Å². The lowest BCUT2D eigenvalue weighted by Crippen LogP contribution is -2.63. The van der Waals surface area contributed by atoms with Crippen molar-refractivity contribution in [1.29, 1.82) is 0 Å². The van der Waals surface area contributed by atoms with Crippen molar-refractivity contribution >= 4 is 11.8 Å². The standard InChI is InChI=1S/C19H29N3O2/c1-12(23)22-9-16-8-20-10-19(16,11-22)17(24)21-18-5-13-2-14(6-18)4-15(3-13)7-18/h13-16,20H,2-11H2,1H3,(H,21,24)/t13?,14?,15?,16-,18?,19-/m1/s1. The molecule has 0 spiro atoms. The number of likely N-dealkylation sites (tertiary alicyclic amines) is 1. The number of carbonyl (C=O) groups excluding carboxylic acids is 2. The van der Waals surface area contributed by atoms with Gasteiger partial charge < -0.3 is 15.5 Å². The van der Waals surface area contributed by atoms with E-state index in [0.29, 0.717) is 6.54 Å². The smallest absolute Gasteiger partial charge is 0.230 e. The quantitative estimate of drug-likeness (QED) is 0.798. The summed E-state index contributed by atoms with van der Waals surface area (Å²) in [5.41, 5.74) is -0.327. The molecule has 2 amide bonds. The van der Waals surface area contributed by atoms with Gasteiger partial charge in [-0.25, -0.2) is 0 Å². The second-order valence-electron chi connectivity index (χ2n) is 9.54. The number of nitrogens with zero attached hydrogens (tertiary/aromatic N) is 1. The van der Waals surface area contributed by atoms with Gasteiger partial charge in [-0.15, -0.1) is 0 Å². The first-order valence-corrected chi connectivity index (χ1v) is 9.77. The van der Waals surface area contributed by atoms with Crippen molar-refractivity contribution in [3.8, 4) is 0 Å². The maximum atomic E-state index is 13.4. The Morgan fingerprint density at radius 2 is 1.71 bits per heavy atom. The number of fused-ring (bicyclic) bond motifs is 1. The first-order chi connectivity index (χ1) is 11.5. The van der Waals surface area contributed by atoms with Crippen LogP contribution in [0, 0.1) is 29.1 Å². The van der Waals surface area contributed by atoms with Gasteiger partial charge in [0.2, 0.25) is 11.8 Å².